The molecule has 0 fully saturated rings. The molecular weight excluding hydrogens is 177 g/mol. The van der Waals surface area contributed by atoms with Crippen molar-refractivity contribution >= 4 is 6.08 Å². The smallest absolute Gasteiger partial charge is 0.270 e. The average Bonchev–Trinajstić information content (AvgIpc) is 2.49. The molecule has 0 aliphatic carbocycles. The molecule has 0 amide bonds. The molecule has 2 rings (SSSR count). The van der Waals surface area contributed by atoms with Crippen molar-refractivity contribution in [3.63, 3.8) is 0 Å². The van der Waals surface area contributed by atoms with Gasteiger partial charge < -0.3 is 9.47 Å². The fourth-order valence-electron chi connectivity index (χ4n) is 1.13. The molecule has 0 bridgehead atoms. The molecule has 0 unspecified atom stereocenters. The van der Waals surface area contributed by atoms with Crippen molar-refractivity contribution in [2.75, 3.05) is 6.79 Å². The van der Waals surface area contributed by atoms with E-state index in [-0.39, 0.29) is 6.79 Å². The van der Waals surface area contributed by atoms with Crippen LogP contribution in [0.2, 0.25) is 0 Å². The topological polar surface area (TPSA) is 18.5 Å². The Labute approximate surface area is 73.4 Å². The maximum Gasteiger partial charge on any atom is 0.270 e. The van der Waals surface area contributed by atoms with E-state index in [0.29, 0.717) is 17.1 Å². The van der Waals surface area contributed by atoms with Crippen LogP contribution in [-0.4, -0.2) is 6.79 Å². The summed E-state index contributed by atoms with van der Waals surface area (Å²) in [4.78, 5) is 0. The summed E-state index contributed by atoms with van der Waals surface area (Å²) in [6, 6.07) is 4.67. The molecule has 0 aromatic heterocycles. The number of halogens is 2. The lowest BCUT2D eigenvalue weighted by Gasteiger charge is -1.96. The van der Waals surface area contributed by atoms with Crippen LogP contribution < -0.4 is 9.47 Å². The van der Waals surface area contributed by atoms with Gasteiger partial charge in [0.1, 0.15) is 0 Å². The van der Waals surface area contributed by atoms with Gasteiger partial charge in [0.15, 0.2) is 11.5 Å². The van der Waals surface area contributed by atoms with Gasteiger partial charge in [-0.15, -0.1) is 0 Å². The zero-order valence-corrected chi connectivity index (χ0v) is 6.59. The lowest BCUT2D eigenvalue weighted by atomic mass is 10.2. The zero-order chi connectivity index (χ0) is 9.26. The first kappa shape index (κ1) is 8.04. The summed E-state index contributed by atoms with van der Waals surface area (Å²) in [7, 11) is 0. The fourth-order valence-corrected chi connectivity index (χ4v) is 1.13. The molecule has 4 heteroatoms. The molecular formula is C9H6F2O2. The van der Waals surface area contributed by atoms with Crippen LogP contribution in [0.1, 0.15) is 5.56 Å². The second-order valence-corrected chi connectivity index (χ2v) is 2.55. The summed E-state index contributed by atoms with van der Waals surface area (Å²) < 4.78 is 33.8. The van der Waals surface area contributed by atoms with Crippen molar-refractivity contribution < 1.29 is 18.3 Å². The summed E-state index contributed by atoms with van der Waals surface area (Å²) in [5.74, 6) is 1.10. The van der Waals surface area contributed by atoms with Gasteiger partial charge in [-0.3, -0.25) is 0 Å². The molecule has 1 aliphatic heterocycles. The standard InChI is InChI=1S/C9H6F2O2/c10-9(11)4-6-1-2-7-8(3-6)13-5-12-7/h1-4H,5H2/i10-1/b9-4-. The largest absolute Gasteiger partial charge is 0.454 e. The Kier molecular flexibility index (Phi) is 1.88. The van der Waals surface area contributed by atoms with Crippen LogP contribution in [0.3, 0.4) is 0 Å². The number of rotatable bonds is 1. The van der Waals surface area contributed by atoms with Crippen LogP contribution in [0.4, 0.5) is 8.78 Å². The Hall–Kier alpha value is -1.58. The highest BCUT2D eigenvalue weighted by Gasteiger charge is 2.12. The molecule has 1 aliphatic rings. The lowest BCUT2D eigenvalue weighted by Crippen LogP contribution is -1.92. The van der Waals surface area contributed by atoms with Gasteiger partial charge >= 0.3 is 0 Å². The van der Waals surface area contributed by atoms with Crippen LogP contribution in [-0.2, 0) is 0 Å². The molecule has 0 radical (unpaired) electrons. The second kappa shape index (κ2) is 3.05. The predicted octanol–water partition coefficient (Wildman–Crippen LogP) is 2.65. The van der Waals surface area contributed by atoms with Gasteiger partial charge in [-0.1, -0.05) is 6.07 Å². The van der Waals surface area contributed by atoms with E-state index in [2.05, 4.69) is 0 Å². The summed E-state index contributed by atoms with van der Waals surface area (Å²) in [5.41, 5.74) is 0.407. The number of hydrogen-bond donors (Lipinski definition) is 0. The van der Waals surface area contributed by atoms with E-state index in [1.807, 2.05) is 0 Å². The fraction of sp³-hybridized carbons (Fsp3) is 0.111. The van der Waals surface area contributed by atoms with Crippen molar-refractivity contribution in [3.05, 3.63) is 29.8 Å². The second-order valence-electron chi connectivity index (χ2n) is 2.55. The predicted molar refractivity (Wildman–Crippen MR) is 42.8 cm³/mol. The minimum Gasteiger partial charge on any atom is -0.454 e. The minimum absolute atomic E-state index is 0.153. The van der Waals surface area contributed by atoms with Crippen LogP contribution in [0.25, 0.3) is 6.08 Å². The molecule has 0 spiro atoms. The maximum absolute atomic E-state index is 11.9. The molecule has 1 aromatic rings. The van der Waals surface area contributed by atoms with Gasteiger partial charge in [-0.05, 0) is 17.7 Å². The third kappa shape index (κ3) is 1.61. The molecule has 0 N–H and O–H groups in total. The first-order chi connectivity index (χ1) is 6.25. The van der Waals surface area contributed by atoms with Crippen molar-refractivity contribution in [1.82, 2.24) is 0 Å². The van der Waals surface area contributed by atoms with E-state index in [1.54, 1.807) is 12.1 Å². The normalized spacial score (nSPS) is 14.8. The van der Waals surface area contributed by atoms with E-state index in [0.717, 1.165) is 6.08 Å². The van der Waals surface area contributed by atoms with Gasteiger partial charge in [0.2, 0.25) is 6.79 Å². The van der Waals surface area contributed by atoms with Gasteiger partial charge in [-0.2, -0.15) is 8.78 Å². The van der Waals surface area contributed by atoms with Gasteiger partial charge in [-0.25, -0.2) is 0 Å². The molecule has 2 nitrogen and oxygen atoms in total. The summed E-state index contributed by atoms with van der Waals surface area (Å²) in [6.07, 6.45) is -0.944. The third-order valence-electron chi connectivity index (χ3n) is 1.67. The SMILES string of the molecule is F/C([18F])=C\c1ccc2c(c1)OCO2. The lowest BCUT2D eigenvalue weighted by molar-refractivity contribution is 0.174. The van der Waals surface area contributed by atoms with Crippen LogP contribution in [0.5, 0.6) is 11.5 Å². The molecule has 13 heavy (non-hydrogen) atoms. The molecule has 0 atom stereocenters. The minimum atomic E-state index is -1.72. The monoisotopic (exact) mass is 183 g/mol. The van der Waals surface area contributed by atoms with E-state index in [9.17, 15) is 8.78 Å². The first-order valence-corrected chi connectivity index (χ1v) is 3.68. The summed E-state index contributed by atoms with van der Waals surface area (Å²) in [5, 5.41) is 0. The van der Waals surface area contributed by atoms with Crippen LogP contribution >= 0.6 is 0 Å². The molecule has 68 valence electrons. The van der Waals surface area contributed by atoms with Crippen molar-refractivity contribution in [2.45, 2.75) is 0 Å². The highest BCUT2D eigenvalue weighted by atomic mass is 19.2. The van der Waals surface area contributed by atoms with E-state index >= 15 is 0 Å². The first-order valence-electron chi connectivity index (χ1n) is 3.68. The van der Waals surface area contributed by atoms with Gasteiger partial charge in [0, 0.05) is 6.08 Å². The zero-order valence-electron chi connectivity index (χ0n) is 6.59. The average molecular weight is 183 g/mol. The Morgan fingerprint density at radius 2 is 2.00 bits per heavy atom. The number of benzene rings is 1. The number of hydrogen-bond acceptors (Lipinski definition) is 2. The molecule has 1 aromatic carbocycles. The maximum atomic E-state index is 11.9. The van der Waals surface area contributed by atoms with Gasteiger partial charge in [0.05, 0.1) is 0 Å². The molecule has 1 heterocycles. The van der Waals surface area contributed by atoms with Crippen molar-refractivity contribution in [1.29, 1.82) is 0 Å². The Balaban J connectivity index is 2.36. The highest BCUT2D eigenvalue weighted by Crippen LogP contribution is 2.33. The van der Waals surface area contributed by atoms with Crippen molar-refractivity contribution in [2.24, 2.45) is 0 Å². The summed E-state index contributed by atoms with van der Waals surface area (Å²) in [6.45, 7) is 0.153. The quantitative estimate of drug-likeness (QED) is 0.666. The van der Waals surface area contributed by atoms with E-state index < -0.39 is 6.08 Å². The Morgan fingerprint density at radius 1 is 1.23 bits per heavy atom. The van der Waals surface area contributed by atoms with E-state index in [4.69, 9.17) is 9.47 Å². The molecule has 0 saturated heterocycles. The number of fused-ring (bicyclic) bond motifs is 1. The Morgan fingerprint density at radius 3 is 2.77 bits per heavy atom. The van der Waals surface area contributed by atoms with Crippen LogP contribution in [0, 0.1) is 0 Å². The number of ether oxygens (including phenoxy) is 2. The molecule has 0 saturated carbocycles. The van der Waals surface area contributed by atoms with Crippen LogP contribution in [0.15, 0.2) is 24.3 Å². The van der Waals surface area contributed by atoms with Gasteiger partial charge in [0.25, 0.3) is 6.08 Å². The Bertz CT molecular complexity index is 357. The summed E-state index contributed by atoms with van der Waals surface area (Å²) >= 11 is 0. The highest BCUT2D eigenvalue weighted by molar-refractivity contribution is 5.56. The third-order valence-corrected chi connectivity index (χ3v) is 1.67. The van der Waals surface area contributed by atoms with E-state index in [1.165, 1.54) is 6.07 Å². The van der Waals surface area contributed by atoms with Crippen molar-refractivity contribution in [3.8, 4) is 11.5 Å².